The highest BCUT2D eigenvalue weighted by molar-refractivity contribution is 6.04. The first kappa shape index (κ1) is 21.8. The minimum atomic E-state index is -0.417. The predicted molar refractivity (Wildman–Crippen MR) is 134 cm³/mol. The van der Waals surface area contributed by atoms with Gasteiger partial charge in [-0.2, -0.15) is 0 Å². The van der Waals surface area contributed by atoms with Gasteiger partial charge in [0.05, 0.1) is 0 Å². The van der Waals surface area contributed by atoms with Gasteiger partial charge in [0.15, 0.2) is 0 Å². The van der Waals surface area contributed by atoms with Gasteiger partial charge in [0.1, 0.15) is 11.5 Å². The number of amides is 1. The number of likely N-dealkylation sites (tertiary alicyclic amines) is 1. The van der Waals surface area contributed by atoms with Gasteiger partial charge < -0.3 is 14.5 Å². The lowest BCUT2D eigenvalue weighted by Crippen LogP contribution is -2.47. The fourth-order valence-electron chi connectivity index (χ4n) is 5.86. The zero-order valence-electron chi connectivity index (χ0n) is 19.6. The number of pyridine rings is 1. The average Bonchev–Trinajstić information content (AvgIpc) is 3.17. The zero-order chi connectivity index (χ0) is 24.1. The fraction of sp³-hybridized carbons (Fsp3) is 0.286. The van der Waals surface area contributed by atoms with Crippen molar-refractivity contribution in [1.82, 2.24) is 14.0 Å². The van der Waals surface area contributed by atoms with E-state index in [1.807, 2.05) is 10.6 Å². The summed E-state index contributed by atoms with van der Waals surface area (Å²) in [6, 6.07) is 17.5. The summed E-state index contributed by atoms with van der Waals surface area (Å²) in [5, 5.41) is 4.01. The van der Waals surface area contributed by atoms with Crippen LogP contribution in [-0.4, -0.2) is 33.0 Å². The van der Waals surface area contributed by atoms with Crippen LogP contribution in [-0.2, 0) is 20.1 Å². The van der Waals surface area contributed by atoms with E-state index in [-0.39, 0.29) is 17.2 Å². The lowest BCUT2D eigenvalue weighted by Gasteiger charge is -2.43. The molecule has 0 aliphatic carbocycles. The SMILES string of the molecule is Cn1cc(CN2CC3CC(C2)c2ccc(NC(=O)c4ccc(F)cc4)c(=O)n2C3)c2ccccc21. The second-order valence-corrected chi connectivity index (χ2v) is 9.82. The summed E-state index contributed by atoms with van der Waals surface area (Å²) < 4.78 is 17.2. The number of aromatic nitrogens is 2. The molecule has 7 heteroatoms. The number of rotatable bonds is 4. The van der Waals surface area contributed by atoms with Gasteiger partial charge in [-0.3, -0.25) is 14.5 Å². The first-order valence-corrected chi connectivity index (χ1v) is 12.0. The van der Waals surface area contributed by atoms with Crippen LogP contribution in [0, 0.1) is 11.7 Å². The highest BCUT2D eigenvalue weighted by atomic mass is 19.1. The summed E-state index contributed by atoms with van der Waals surface area (Å²) in [5.41, 5.74) is 4.01. The number of nitrogens with one attached hydrogen (secondary N) is 1. The molecular weight excluding hydrogens is 443 g/mol. The molecule has 2 aromatic heterocycles. The maximum Gasteiger partial charge on any atom is 0.274 e. The minimum Gasteiger partial charge on any atom is -0.350 e. The quantitative estimate of drug-likeness (QED) is 0.483. The number of benzene rings is 2. The molecule has 0 radical (unpaired) electrons. The minimum absolute atomic E-state index is 0.171. The van der Waals surface area contributed by atoms with Crippen molar-refractivity contribution >= 4 is 22.5 Å². The Kier molecular flexibility index (Phi) is 5.29. The molecule has 4 aromatic rings. The van der Waals surface area contributed by atoms with Crippen LogP contribution in [0.25, 0.3) is 10.9 Å². The van der Waals surface area contributed by atoms with E-state index in [0.29, 0.717) is 18.0 Å². The topological polar surface area (TPSA) is 59.3 Å². The summed E-state index contributed by atoms with van der Waals surface area (Å²) in [4.78, 5) is 28.3. The van der Waals surface area contributed by atoms with Gasteiger partial charge >= 0.3 is 0 Å². The molecular formula is C28H27FN4O2. The van der Waals surface area contributed by atoms with Crippen molar-refractivity contribution in [3.8, 4) is 0 Å². The monoisotopic (exact) mass is 470 g/mol. The number of hydrogen-bond acceptors (Lipinski definition) is 3. The first-order chi connectivity index (χ1) is 17.0. The maximum absolute atomic E-state index is 13.3. The van der Waals surface area contributed by atoms with Gasteiger partial charge in [-0.05, 0) is 60.4 Å². The van der Waals surface area contributed by atoms with E-state index in [0.717, 1.165) is 31.7 Å². The third kappa shape index (κ3) is 3.96. The second-order valence-electron chi connectivity index (χ2n) is 9.82. The summed E-state index contributed by atoms with van der Waals surface area (Å²) in [7, 11) is 2.09. The molecule has 178 valence electrons. The predicted octanol–water partition coefficient (Wildman–Crippen LogP) is 4.35. The summed E-state index contributed by atoms with van der Waals surface area (Å²) in [6.07, 6.45) is 3.30. The van der Waals surface area contributed by atoms with Crippen LogP contribution in [0.2, 0.25) is 0 Å². The van der Waals surface area contributed by atoms with Gasteiger partial charge in [0.2, 0.25) is 0 Å². The molecule has 2 bridgehead atoms. The number of hydrogen-bond donors (Lipinski definition) is 1. The Hall–Kier alpha value is -3.71. The van der Waals surface area contributed by atoms with Crippen molar-refractivity contribution in [2.75, 3.05) is 18.4 Å². The Bertz CT molecular complexity index is 1490. The van der Waals surface area contributed by atoms with Gasteiger partial charge in [-0.25, -0.2) is 4.39 Å². The molecule has 1 N–H and O–H groups in total. The van der Waals surface area contributed by atoms with Crippen LogP contribution < -0.4 is 10.9 Å². The molecule has 2 aliphatic heterocycles. The maximum atomic E-state index is 13.3. The standard InChI is InChI=1S/C28H27FN4O2/c1-31-15-21(23-4-2-3-5-26(23)31)17-32-13-18-12-20(16-32)25-11-10-24(28(35)33(25)14-18)30-27(34)19-6-8-22(29)9-7-19/h2-11,15,18,20H,12-14,16-17H2,1H3,(H,30,34). The number of aryl methyl sites for hydroxylation is 1. The molecule has 1 fully saturated rings. The highest BCUT2D eigenvalue weighted by Gasteiger charge is 2.35. The fourth-order valence-corrected chi connectivity index (χ4v) is 5.86. The van der Waals surface area contributed by atoms with E-state index in [1.165, 1.54) is 40.7 Å². The average molecular weight is 471 g/mol. The van der Waals surface area contributed by atoms with Crippen LogP contribution in [0.15, 0.2) is 71.7 Å². The number of anilines is 1. The van der Waals surface area contributed by atoms with E-state index < -0.39 is 11.7 Å². The van der Waals surface area contributed by atoms with E-state index in [4.69, 9.17) is 0 Å². The van der Waals surface area contributed by atoms with Crippen LogP contribution in [0.3, 0.4) is 0 Å². The van der Waals surface area contributed by atoms with Gasteiger partial charge in [-0.1, -0.05) is 18.2 Å². The Balaban J connectivity index is 1.22. The van der Waals surface area contributed by atoms with Crippen LogP contribution in [0.4, 0.5) is 10.1 Å². The highest BCUT2D eigenvalue weighted by Crippen LogP contribution is 2.36. The number of carbonyl (C=O) groups is 1. The summed E-state index contributed by atoms with van der Waals surface area (Å²) in [5.74, 6) is -0.152. The third-order valence-electron chi connectivity index (χ3n) is 7.41. The Morgan fingerprint density at radius 1 is 1.03 bits per heavy atom. The smallest absolute Gasteiger partial charge is 0.274 e. The van der Waals surface area contributed by atoms with Crippen molar-refractivity contribution < 1.29 is 9.18 Å². The summed E-state index contributed by atoms with van der Waals surface area (Å²) >= 11 is 0. The molecule has 2 atom stereocenters. The van der Waals surface area contributed by atoms with Gasteiger partial charge in [-0.15, -0.1) is 0 Å². The number of fused-ring (bicyclic) bond motifs is 5. The van der Waals surface area contributed by atoms with E-state index >= 15 is 0 Å². The van der Waals surface area contributed by atoms with E-state index in [9.17, 15) is 14.0 Å². The Morgan fingerprint density at radius 2 is 1.83 bits per heavy atom. The van der Waals surface area contributed by atoms with Crippen molar-refractivity contribution in [1.29, 1.82) is 0 Å². The molecule has 4 heterocycles. The van der Waals surface area contributed by atoms with Crippen molar-refractivity contribution in [2.24, 2.45) is 13.0 Å². The number of carbonyl (C=O) groups excluding carboxylic acids is 1. The second kappa shape index (κ2) is 8.50. The number of para-hydroxylation sites is 1. The van der Waals surface area contributed by atoms with E-state index in [2.05, 4.69) is 52.3 Å². The number of piperidine rings is 1. The Labute approximate surface area is 202 Å². The van der Waals surface area contributed by atoms with Crippen LogP contribution >= 0.6 is 0 Å². The molecule has 2 aromatic carbocycles. The molecule has 35 heavy (non-hydrogen) atoms. The lowest BCUT2D eigenvalue weighted by molar-refractivity contribution is 0.102. The number of nitrogens with zero attached hydrogens (tertiary/aromatic N) is 3. The van der Waals surface area contributed by atoms with Crippen molar-refractivity contribution in [2.45, 2.75) is 25.4 Å². The Morgan fingerprint density at radius 3 is 2.66 bits per heavy atom. The molecule has 1 amide bonds. The molecule has 0 saturated carbocycles. The van der Waals surface area contributed by atoms with Crippen molar-refractivity contribution in [3.63, 3.8) is 0 Å². The number of halogens is 1. The molecule has 2 aliphatic rings. The summed E-state index contributed by atoms with van der Waals surface area (Å²) in [6.45, 7) is 3.39. The van der Waals surface area contributed by atoms with Gasteiger partial charge in [0.25, 0.3) is 11.5 Å². The molecule has 0 spiro atoms. The van der Waals surface area contributed by atoms with E-state index in [1.54, 1.807) is 6.07 Å². The lowest BCUT2D eigenvalue weighted by atomic mass is 9.83. The zero-order valence-corrected chi connectivity index (χ0v) is 19.6. The van der Waals surface area contributed by atoms with Crippen LogP contribution in [0.1, 0.15) is 34.0 Å². The first-order valence-electron chi connectivity index (χ1n) is 12.0. The largest absolute Gasteiger partial charge is 0.350 e. The molecule has 6 nitrogen and oxygen atoms in total. The third-order valence-corrected chi connectivity index (χ3v) is 7.41. The van der Waals surface area contributed by atoms with Gasteiger partial charge in [0, 0.05) is 67.5 Å². The molecule has 1 saturated heterocycles. The van der Waals surface area contributed by atoms with Crippen molar-refractivity contribution in [3.05, 3.63) is 99.9 Å². The molecule has 2 unspecified atom stereocenters. The molecule has 6 rings (SSSR count). The van der Waals surface area contributed by atoms with Crippen LogP contribution in [0.5, 0.6) is 0 Å². The normalized spacial score (nSPS) is 19.5.